The fourth-order valence-electron chi connectivity index (χ4n) is 2.39. The Balaban J connectivity index is 2.01. The van der Waals surface area contributed by atoms with Crippen LogP contribution in [0.1, 0.15) is 49.9 Å². The van der Waals surface area contributed by atoms with E-state index in [1.165, 1.54) is 0 Å². The minimum atomic E-state index is -0.219. The van der Waals surface area contributed by atoms with Crippen LogP contribution in [0.5, 0.6) is 5.75 Å². The predicted octanol–water partition coefficient (Wildman–Crippen LogP) is 4.86. The molecule has 26 heavy (non-hydrogen) atoms. The summed E-state index contributed by atoms with van der Waals surface area (Å²) < 4.78 is 5.65. The van der Waals surface area contributed by atoms with Crippen LogP contribution >= 0.6 is 0 Å². The first kappa shape index (κ1) is 19.5. The Hall–Kier alpha value is -2.82. The van der Waals surface area contributed by atoms with Crippen LogP contribution in [0.3, 0.4) is 0 Å². The minimum absolute atomic E-state index is 0.0343. The number of rotatable bonds is 9. The Labute approximate surface area is 154 Å². The smallest absolute Gasteiger partial charge is 0.255 e. The van der Waals surface area contributed by atoms with E-state index in [2.05, 4.69) is 17.6 Å². The normalized spacial score (nSPS) is 10.2. The molecule has 0 atom stereocenters. The molecule has 0 aromatic heterocycles. The zero-order chi connectivity index (χ0) is 18.8. The fraction of sp³-hybridized carbons (Fsp3) is 0.333. The van der Waals surface area contributed by atoms with E-state index in [0.29, 0.717) is 35.7 Å². The van der Waals surface area contributed by atoms with E-state index in [9.17, 15) is 9.59 Å². The van der Waals surface area contributed by atoms with Crippen LogP contribution < -0.4 is 15.4 Å². The average molecular weight is 354 g/mol. The molecule has 0 saturated heterocycles. The topological polar surface area (TPSA) is 67.4 Å². The van der Waals surface area contributed by atoms with Gasteiger partial charge in [0.1, 0.15) is 5.75 Å². The van der Waals surface area contributed by atoms with Crippen LogP contribution in [0.2, 0.25) is 0 Å². The van der Waals surface area contributed by atoms with Gasteiger partial charge in [0.05, 0.1) is 6.61 Å². The lowest BCUT2D eigenvalue weighted by Gasteiger charge is -2.10. The van der Waals surface area contributed by atoms with Gasteiger partial charge in [-0.05, 0) is 49.2 Å². The molecule has 0 unspecified atom stereocenters. The fourth-order valence-corrected chi connectivity index (χ4v) is 2.39. The van der Waals surface area contributed by atoms with Gasteiger partial charge in [-0.2, -0.15) is 0 Å². The lowest BCUT2D eigenvalue weighted by molar-refractivity contribution is -0.116. The van der Waals surface area contributed by atoms with Gasteiger partial charge in [-0.15, -0.1) is 0 Å². The molecule has 2 rings (SSSR count). The molecule has 0 radical (unpaired) electrons. The van der Waals surface area contributed by atoms with Gasteiger partial charge in [0.15, 0.2) is 0 Å². The van der Waals surface area contributed by atoms with Crippen LogP contribution in [-0.2, 0) is 4.79 Å². The second kappa shape index (κ2) is 10.2. The number of anilines is 2. The van der Waals surface area contributed by atoms with Crippen LogP contribution in [0.4, 0.5) is 11.4 Å². The summed E-state index contributed by atoms with van der Waals surface area (Å²) in [5, 5.41) is 5.68. The number of benzene rings is 2. The third-order valence-corrected chi connectivity index (χ3v) is 3.74. The molecular weight excluding hydrogens is 328 g/mol. The van der Waals surface area contributed by atoms with Crippen molar-refractivity contribution in [2.75, 3.05) is 17.2 Å². The SMILES string of the molecule is CCCCOc1cccc(C(=O)Nc2cccc(NC(=O)CCC)c2)c1. The largest absolute Gasteiger partial charge is 0.494 e. The van der Waals surface area contributed by atoms with Crippen LogP contribution in [0, 0.1) is 0 Å². The maximum Gasteiger partial charge on any atom is 0.255 e. The van der Waals surface area contributed by atoms with Crippen molar-refractivity contribution in [2.24, 2.45) is 0 Å². The van der Waals surface area contributed by atoms with Gasteiger partial charge in [0.2, 0.25) is 5.91 Å². The van der Waals surface area contributed by atoms with Gasteiger partial charge < -0.3 is 15.4 Å². The highest BCUT2D eigenvalue weighted by Crippen LogP contribution is 2.18. The molecule has 5 heteroatoms. The van der Waals surface area contributed by atoms with Gasteiger partial charge >= 0.3 is 0 Å². The third kappa shape index (κ3) is 6.24. The number of unbranched alkanes of at least 4 members (excludes halogenated alkanes) is 1. The number of carbonyl (C=O) groups is 2. The van der Waals surface area contributed by atoms with Crippen molar-refractivity contribution >= 4 is 23.2 Å². The molecule has 0 saturated carbocycles. The Morgan fingerprint density at radius 2 is 1.65 bits per heavy atom. The van der Waals surface area contributed by atoms with Crippen LogP contribution in [-0.4, -0.2) is 18.4 Å². The minimum Gasteiger partial charge on any atom is -0.494 e. The van der Waals surface area contributed by atoms with Gasteiger partial charge in [0.25, 0.3) is 5.91 Å². The number of hydrogen-bond acceptors (Lipinski definition) is 3. The number of carbonyl (C=O) groups excluding carboxylic acids is 2. The van der Waals surface area contributed by atoms with Crippen molar-refractivity contribution < 1.29 is 14.3 Å². The molecule has 0 heterocycles. The molecular formula is C21H26N2O3. The Kier molecular flexibility index (Phi) is 7.68. The number of amides is 2. The standard InChI is InChI=1S/C21H26N2O3/c1-3-5-13-26-19-12-6-9-16(14-19)21(25)23-18-11-7-10-17(15-18)22-20(24)8-4-2/h6-7,9-12,14-15H,3-5,8,13H2,1-2H3,(H,22,24)(H,23,25). The van der Waals surface area contributed by atoms with Crippen LogP contribution in [0.25, 0.3) is 0 Å². The molecule has 0 bridgehead atoms. The molecule has 0 aliphatic heterocycles. The predicted molar refractivity (Wildman–Crippen MR) is 105 cm³/mol. The van der Waals surface area contributed by atoms with Gasteiger partial charge in [-0.25, -0.2) is 0 Å². The Morgan fingerprint density at radius 1 is 0.923 bits per heavy atom. The van der Waals surface area contributed by atoms with Crippen molar-refractivity contribution in [2.45, 2.75) is 39.5 Å². The Morgan fingerprint density at radius 3 is 2.38 bits per heavy atom. The van der Waals surface area contributed by atoms with Crippen molar-refractivity contribution in [3.63, 3.8) is 0 Å². The second-order valence-corrected chi connectivity index (χ2v) is 6.06. The van der Waals surface area contributed by atoms with Crippen LogP contribution in [0.15, 0.2) is 48.5 Å². The maximum absolute atomic E-state index is 12.5. The van der Waals surface area contributed by atoms with Crippen molar-refractivity contribution in [3.8, 4) is 5.75 Å². The van der Waals surface area contributed by atoms with Gasteiger partial charge in [-0.3, -0.25) is 9.59 Å². The molecule has 2 aromatic carbocycles. The molecule has 138 valence electrons. The molecule has 2 amide bonds. The highest BCUT2D eigenvalue weighted by Gasteiger charge is 2.08. The number of nitrogens with one attached hydrogen (secondary N) is 2. The number of hydrogen-bond donors (Lipinski definition) is 2. The molecule has 2 aromatic rings. The highest BCUT2D eigenvalue weighted by molar-refractivity contribution is 6.05. The van der Waals surface area contributed by atoms with E-state index in [1.54, 1.807) is 42.5 Å². The first-order chi connectivity index (χ1) is 12.6. The Bertz CT molecular complexity index is 744. The molecule has 5 nitrogen and oxygen atoms in total. The lowest BCUT2D eigenvalue weighted by Crippen LogP contribution is -2.13. The van der Waals surface area contributed by atoms with E-state index < -0.39 is 0 Å². The third-order valence-electron chi connectivity index (χ3n) is 3.74. The van der Waals surface area contributed by atoms with E-state index in [0.717, 1.165) is 19.3 Å². The monoisotopic (exact) mass is 354 g/mol. The van der Waals surface area contributed by atoms with E-state index in [1.807, 2.05) is 13.0 Å². The molecule has 2 N–H and O–H groups in total. The summed E-state index contributed by atoms with van der Waals surface area (Å²) in [5.41, 5.74) is 1.82. The summed E-state index contributed by atoms with van der Waals surface area (Å²) >= 11 is 0. The molecule has 0 aliphatic rings. The molecule has 0 aliphatic carbocycles. The first-order valence-corrected chi connectivity index (χ1v) is 9.06. The zero-order valence-electron chi connectivity index (χ0n) is 15.4. The number of ether oxygens (including phenoxy) is 1. The van der Waals surface area contributed by atoms with Crippen molar-refractivity contribution in [1.82, 2.24) is 0 Å². The highest BCUT2D eigenvalue weighted by atomic mass is 16.5. The summed E-state index contributed by atoms with van der Waals surface area (Å²) in [7, 11) is 0. The van der Waals surface area contributed by atoms with Gasteiger partial charge in [0, 0.05) is 23.4 Å². The average Bonchev–Trinajstić information content (AvgIpc) is 2.62. The molecule has 0 spiro atoms. The quantitative estimate of drug-likeness (QED) is 0.632. The molecule has 0 fully saturated rings. The van der Waals surface area contributed by atoms with Crippen molar-refractivity contribution in [3.05, 3.63) is 54.1 Å². The summed E-state index contributed by atoms with van der Waals surface area (Å²) in [6.45, 7) is 4.70. The summed E-state index contributed by atoms with van der Waals surface area (Å²) in [6.07, 6.45) is 3.30. The lowest BCUT2D eigenvalue weighted by atomic mass is 10.2. The summed E-state index contributed by atoms with van der Waals surface area (Å²) in [4.78, 5) is 24.2. The maximum atomic E-state index is 12.5. The summed E-state index contributed by atoms with van der Waals surface area (Å²) in [6, 6.07) is 14.2. The zero-order valence-corrected chi connectivity index (χ0v) is 15.4. The van der Waals surface area contributed by atoms with Crippen molar-refractivity contribution in [1.29, 1.82) is 0 Å². The van der Waals surface area contributed by atoms with Gasteiger partial charge in [-0.1, -0.05) is 32.4 Å². The van der Waals surface area contributed by atoms with E-state index >= 15 is 0 Å². The second-order valence-electron chi connectivity index (χ2n) is 6.06. The first-order valence-electron chi connectivity index (χ1n) is 9.06. The summed E-state index contributed by atoms with van der Waals surface area (Å²) in [5.74, 6) is 0.433. The van der Waals surface area contributed by atoms with E-state index in [-0.39, 0.29) is 11.8 Å². The van der Waals surface area contributed by atoms with E-state index in [4.69, 9.17) is 4.74 Å².